The van der Waals surface area contributed by atoms with E-state index in [9.17, 15) is 0 Å². The minimum atomic E-state index is 0.676. The first-order valence-electron chi connectivity index (χ1n) is 5.90. The average molecular weight is 300 g/mol. The first-order valence-corrected chi connectivity index (χ1v) is 6.70. The van der Waals surface area contributed by atoms with E-state index < -0.39 is 0 Å². The number of ether oxygens (including phenoxy) is 1. The van der Waals surface area contributed by atoms with Crippen molar-refractivity contribution in [1.29, 1.82) is 0 Å². The summed E-state index contributed by atoms with van der Waals surface area (Å²) in [7, 11) is 0. The van der Waals surface area contributed by atoms with Crippen LogP contribution in [0.15, 0.2) is 10.7 Å². The van der Waals surface area contributed by atoms with Gasteiger partial charge in [-0.25, -0.2) is 4.98 Å². The van der Waals surface area contributed by atoms with E-state index >= 15 is 0 Å². The van der Waals surface area contributed by atoms with E-state index in [2.05, 4.69) is 26.2 Å². The van der Waals surface area contributed by atoms with Crippen LogP contribution in [0.25, 0.3) is 0 Å². The molecule has 0 spiro atoms. The number of anilines is 2. The maximum atomic E-state index is 5.79. The second-order valence-corrected chi connectivity index (χ2v) is 5.23. The van der Waals surface area contributed by atoms with Crippen molar-refractivity contribution in [2.75, 3.05) is 30.8 Å². The first-order chi connectivity index (χ1) is 8.18. The number of rotatable bonds is 3. The zero-order valence-electron chi connectivity index (χ0n) is 10.0. The largest absolute Gasteiger partial charge is 0.397 e. The van der Waals surface area contributed by atoms with Gasteiger partial charge in [0.05, 0.1) is 16.4 Å². The normalized spacial score (nSPS) is 17.1. The molecule has 1 aromatic rings. The number of aromatic nitrogens is 1. The summed E-state index contributed by atoms with van der Waals surface area (Å²) in [4.78, 5) is 4.31. The number of nitrogens with zero attached hydrogens (tertiary/aromatic N) is 1. The maximum Gasteiger partial charge on any atom is 0.140 e. The second-order valence-electron chi connectivity index (χ2n) is 4.44. The molecule has 0 radical (unpaired) electrons. The predicted octanol–water partition coefficient (Wildman–Crippen LogP) is 2.57. The Bertz CT molecular complexity index is 392. The lowest BCUT2D eigenvalue weighted by molar-refractivity contribution is 0.0699. The van der Waals surface area contributed by atoms with Crippen LogP contribution in [0.1, 0.15) is 18.4 Å². The van der Waals surface area contributed by atoms with E-state index in [0.29, 0.717) is 11.6 Å². The summed E-state index contributed by atoms with van der Waals surface area (Å²) < 4.78 is 6.30. The SMILES string of the molecule is Cc1c(N)cnc(NCC2CCOCC2)c1Br. The predicted molar refractivity (Wildman–Crippen MR) is 73.1 cm³/mol. The van der Waals surface area contributed by atoms with E-state index in [4.69, 9.17) is 10.5 Å². The smallest absolute Gasteiger partial charge is 0.140 e. The lowest BCUT2D eigenvalue weighted by atomic mass is 10.0. The molecule has 0 unspecified atom stereocenters. The molecule has 1 aliphatic rings. The molecule has 3 N–H and O–H groups in total. The van der Waals surface area contributed by atoms with Gasteiger partial charge in [-0.15, -0.1) is 0 Å². The van der Waals surface area contributed by atoms with Crippen LogP contribution in [0.4, 0.5) is 11.5 Å². The molecule has 1 aromatic heterocycles. The Balaban J connectivity index is 1.96. The van der Waals surface area contributed by atoms with Crippen molar-refractivity contribution >= 4 is 27.4 Å². The Morgan fingerprint density at radius 3 is 2.94 bits per heavy atom. The molecule has 1 fully saturated rings. The summed E-state index contributed by atoms with van der Waals surface area (Å²) >= 11 is 3.53. The minimum absolute atomic E-state index is 0.676. The molecule has 0 saturated carbocycles. The van der Waals surface area contributed by atoms with E-state index in [-0.39, 0.29) is 0 Å². The number of pyridine rings is 1. The van der Waals surface area contributed by atoms with Crippen LogP contribution in [0, 0.1) is 12.8 Å². The molecule has 0 bridgehead atoms. The van der Waals surface area contributed by atoms with Crippen LogP contribution >= 0.6 is 15.9 Å². The first kappa shape index (κ1) is 12.6. The van der Waals surface area contributed by atoms with Crippen molar-refractivity contribution in [3.8, 4) is 0 Å². The number of halogens is 1. The van der Waals surface area contributed by atoms with Gasteiger partial charge in [0, 0.05) is 19.8 Å². The molecule has 1 saturated heterocycles. The van der Waals surface area contributed by atoms with Crippen LogP contribution in [0.3, 0.4) is 0 Å². The molecule has 2 heterocycles. The fourth-order valence-corrected chi connectivity index (χ4v) is 2.38. The van der Waals surface area contributed by atoms with Crippen LogP contribution in [0.5, 0.6) is 0 Å². The summed E-state index contributed by atoms with van der Waals surface area (Å²) in [6.07, 6.45) is 3.95. The average Bonchev–Trinajstić information content (AvgIpc) is 2.36. The highest BCUT2D eigenvalue weighted by atomic mass is 79.9. The number of nitrogens with one attached hydrogen (secondary N) is 1. The van der Waals surface area contributed by atoms with Crippen molar-refractivity contribution in [2.24, 2.45) is 5.92 Å². The molecule has 0 aliphatic carbocycles. The highest BCUT2D eigenvalue weighted by Crippen LogP contribution is 2.28. The molecule has 1 aliphatic heterocycles. The molecule has 0 aromatic carbocycles. The lowest BCUT2D eigenvalue weighted by Gasteiger charge is -2.22. The number of nitrogen functional groups attached to an aromatic ring is 1. The standard InChI is InChI=1S/C12H18BrN3O/c1-8-10(14)7-16-12(11(8)13)15-6-9-2-4-17-5-3-9/h7,9H,2-6,14H2,1H3,(H,15,16). The van der Waals surface area contributed by atoms with E-state index in [1.807, 2.05) is 6.92 Å². The molecular formula is C12H18BrN3O. The topological polar surface area (TPSA) is 60.2 Å². The molecule has 0 atom stereocenters. The van der Waals surface area contributed by atoms with Gasteiger partial charge in [-0.2, -0.15) is 0 Å². The monoisotopic (exact) mass is 299 g/mol. The maximum absolute atomic E-state index is 5.79. The Hall–Kier alpha value is -0.810. The molecule has 0 amide bonds. The molecular weight excluding hydrogens is 282 g/mol. The van der Waals surface area contributed by atoms with Crippen LogP contribution < -0.4 is 11.1 Å². The highest BCUT2D eigenvalue weighted by molar-refractivity contribution is 9.10. The fraction of sp³-hybridized carbons (Fsp3) is 0.583. The van der Waals surface area contributed by atoms with Gasteiger partial charge >= 0.3 is 0 Å². The van der Waals surface area contributed by atoms with Gasteiger partial charge in [0.1, 0.15) is 5.82 Å². The Labute approximate surface area is 110 Å². The summed E-state index contributed by atoms with van der Waals surface area (Å²) in [5.74, 6) is 1.55. The van der Waals surface area contributed by atoms with Crippen LogP contribution in [-0.2, 0) is 4.74 Å². The van der Waals surface area contributed by atoms with Gasteiger partial charge in [-0.3, -0.25) is 0 Å². The Kier molecular flexibility index (Phi) is 4.23. The zero-order valence-corrected chi connectivity index (χ0v) is 11.6. The van der Waals surface area contributed by atoms with Gasteiger partial charge in [-0.1, -0.05) is 0 Å². The zero-order chi connectivity index (χ0) is 12.3. The highest BCUT2D eigenvalue weighted by Gasteiger charge is 2.14. The van der Waals surface area contributed by atoms with E-state index in [1.54, 1.807) is 6.20 Å². The Morgan fingerprint density at radius 1 is 1.53 bits per heavy atom. The lowest BCUT2D eigenvalue weighted by Crippen LogP contribution is -2.23. The number of hydrogen-bond acceptors (Lipinski definition) is 4. The molecule has 4 nitrogen and oxygen atoms in total. The molecule has 94 valence electrons. The molecule has 17 heavy (non-hydrogen) atoms. The van der Waals surface area contributed by atoms with Crippen LogP contribution in [-0.4, -0.2) is 24.7 Å². The van der Waals surface area contributed by atoms with Crippen molar-refractivity contribution in [1.82, 2.24) is 4.98 Å². The van der Waals surface area contributed by atoms with E-state index in [0.717, 1.165) is 48.5 Å². The fourth-order valence-electron chi connectivity index (χ4n) is 1.91. The third-order valence-corrected chi connectivity index (χ3v) is 4.17. The molecule has 2 rings (SSSR count). The number of hydrogen-bond donors (Lipinski definition) is 2. The minimum Gasteiger partial charge on any atom is -0.397 e. The third kappa shape index (κ3) is 3.10. The van der Waals surface area contributed by atoms with Gasteiger partial charge in [-0.05, 0) is 47.2 Å². The van der Waals surface area contributed by atoms with E-state index in [1.165, 1.54) is 0 Å². The van der Waals surface area contributed by atoms with Gasteiger partial charge in [0.25, 0.3) is 0 Å². The van der Waals surface area contributed by atoms with Gasteiger partial charge in [0.2, 0.25) is 0 Å². The van der Waals surface area contributed by atoms with Crippen molar-refractivity contribution < 1.29 is 4.74 Å². The Morgan fingerprint density at radius 2 is 2.24 bits per heavy atom. The third-order valence-electron chi connectivity index (χ3n) is 3.20. The number of nitrogens with two attached hydrogens (primary N) is 1. The summed E-state index contributed by atoms with van der Waals surface area (Å²) in [6.45, 7) is 4.68. The second kappa shape index (κ2) is 5.69. The van der Waals surface area contributed by atoms with Crippen LogP contribution in [0.2, 0.25) is 0 Å². The summed E-state index contributed by atoms with van der Waals surface area (Å²) in [5, 5.41) is 3.38. The van der Waals surface area contributed by atoms with Gasteiger partial charge in [0.15, 0.2) is 0 Å². The molecule has 5 heteroatoms. The summed E-state index contributed by atoms with van der Waals surface area (Å²) in [5.41, 5.74) is 7.54. The quantitative estimate of drug-likeness (QED) is 0.900. The van der Waals surface area contributed by atoms with Crippen molar-refractivity contribution in [2.45, 2.75) is 19.8 Å². The van der Waals surface area contributed by atoms with Crippen molar-refractivity contribution in [3.63, 3.8) is 0 Å². The van der Waals surface area contributed by atoms with Gasteiger partial charge < -0.3 is 15.8 Å². The summed E-state index contributed by atoms with van der Waals surface area (Å²) in [6, 6.07) is 0. The van der Waals surface area contributed by atoms with Crippen molar-refractivity contribution in [3.05, 3.63) is 16.2 Å².